The van der Waals surface area contributed by atoms with Gasteiger partial charge in [0.15, 0.2) is 0 Å². The van der Waals surface area contributed by atoms with Crippen LogP contribution in [0.5, 0.6) is 0 Å². The molecule has 0 aromatic carbocycles. The Balaban J connectivity index is 4.10. The van der Waals surface area contributed by atoms with E-state index >= 15 is 0 Å². The van der Waals surface area contributed by atoms with E-state index in [4.69, 9.17) is 0 Å². The zero-order valence-corrected chi connectivity index (χ0v) is 6.24. The number of hydrogen-bond donors (Lipinski definition) is 0. The lowest BCUT2D eigenvalue weighted by Crippen LogP contribution is -1.74. The molecule has 0 unspecified atom stereocenters. The molecule has 0 heterocycles. The van der Waals surface area contributed by atoms with E-state index in [1.165, 1.54) is 6.08 Å². The Hall–Kier alpha value is -0.590. The highest BCUT2D eigenvalue weighted by Crippen LogP contribution is 2.09. The minimum Gasteiger partial charge on any atom is -0.207 e. The highest BCUT2D eigenvalue weighted by Gasteiger charge is 1.91. The van der Waals surface area contributed by atoms with Crippen LogP contribution < -0.4 is 0 Å². The molecule has 9 heavy (non-hydrogen) atoms. The van der Waals surface area contributed by atoms with Gasteiger partial charge in [-0.2, -0.15) is 0 Å². The van der Waals surface area contributed by atoms with E-state index in [1.54, 1.807) is 13.0 Å². The van der Waals surface area contributed by atoms with Crippen molar-refractivity contribution in [3.05, 3.63) is 23.6 Å². The SMILES string of the molecule is C/C=C\C(F)=C(\C)CC. The monoisotopic (exact) mass is 128 g/mol. The molecule has 0 nitrogen and oxygen atoms in total. The van der Waals surface area contributed by atoms with Gasteiger partial charge in [0.2, 0.25) is 0 Å². The minimum atomic E-state index is -0.0972. The van der Waals surface area contributed by atoms with Crippen molar-refractivity contribution in [1.82, 2.24) is 0 Å². The fourth-order valence-electron chi connectivity index (χ4n) is 0.457. The van der Waals surface area contributed by atoms with Crippen LogP contribution in [0.4, 0.5) is 4.39 Å². The highest BCUT2D eigenvalue weighted by atomic mass is 19.1. The van der Waals surface area contributed by atoms with Crippen molar-refractivity contribution in [2.45, 2.75) is 27.2 Å². The molecule has 1 heteroatoms. The van der Waals surface area contributed by atoms with Gasteiger partial charge in [0, 0.05) is 0 Å². The smallest absolute Gasteiger partial charge is 0.121 e. The highest BCUT2D eigenvalue weighted by molar-refractivity contribution is 5.16. The quantitative estimate of drug-likeness (QED) is 0.501. The third-order valence-corrected chi connectivity index (χ3v) is 1.25. The minimum absolute atomic E-state index is 0.0972. The van der Waals surface area contributed by atoms with Gasteiger partial charge in [0.25, 0.3) is 0 Å². The lowest BCUT2D eigenvalue weighted by atomic mass is 10.2. The largest absolute Gasteiger partial charge is 0.207 e. The topological polar surface area (TPSA) is 0 Å². The first-order valence-corrected chi connectivity index (χ1v) is 3.20. The third-order valence-electron chi connectivity index (χ3n) is 1.25. The molecule has 0 rings (SSSR count). The molecule has 0 aliphatic carbocycles. The van der Waals surface area contributed by atoms with Gasteiger partial charge in [-0.05, 0) is 31.9 Å². The molecular weight excluding hydrogens is 115 g/mol. The summed E-state index contributed by atoms with van der Waals surface area (Å²) in [5, 5.41) is 0. The van der Waals surface area contributed by atoms with E-state index in [0.29, 0.717) is 0 Å². The number of rotatable bonds is 2. The van der Waals surface area contributed by atoms with Gasteiger partial charge in [-0.3, -0.25) is 0 Å². The second-order valence-corrected chi connectivity index (χ2v) is 1.98. The second-order valence-electron chi connectivity index (χ2n) is 1.98. The molecule has 0 aromatic rings. The number of halogens is 1. The predicted octanol–water partition coefficient (Wildman–Crippen LogP) is 3.22. The summed E-state index contributed by atoms with van der Waals surface area (Å²) in [6.07, 6.45) is 3.98. The molecule has 0 spiro atoms. The summed E-state index contributed by atoms with van der Waals surface area (Å²) in [6.45, 7) is 5.55. The maximum Gasteiger partial charge on any atom is 0.121 e. The van der Waals surface area contributed by atoms with E-state index < -0.39 is 0 Å². The normalized spacial score (nSPS) is 14.2. The summed E-state index contributed by atoms with van der Waals surface area (Å²) in [6, 6.07) is 0. The first kappa shape index (κ1) is 8.41. The van der Waals surface area contributed by atoms with Gasteiger partial charge >= 0.3 is 0 Å². The zero-order chi connectivity index (χ0) is 7.28. The first-order valence-electron chi connectivity index (χ1n) is 3.20. The molecule has 0 fully saturated rings. The Labute approximate surface area is 56.1 Å². The van der Waals surface area contributed by atoms with Crippen LogP contribution in [0.3, 0.4) is 0 Å². The Morgan fingerprint density at radius 2 is 2.11 bits per heavy atom. The second kappa shape index (κ2) is 4.30. The predicted molar refractivity (Wildman–Crippen MR) is 38.9 cm³/mol. The van der Waals surface area contributed by atoms with Crippen LogP contribution in [-0.2, 0) is 0 Å². The van der Waals surface area contributed by atoms with Gasteiger partial charge in [-0.1, -0.05) is 13.0 Å². The molecule has 0 radical (unpaired) electrons. The molecule has 0 aromatic heterocycles. The molecular formula is C8H13F. The summed E-state index contributed by atoms with van der Waals surface area (Å²) in [5.74, 6) is -0.0972. The van der Waals surface area contributed by atoms with Crippen molar-refractivity contribution in [3.8, 4) is 0 Å². The van der Waals surface area contributed by atoms with Crippen LogP contribution in [0.15, 0.2) is 23.6 Å². The summed E-state index contributed by atoms with van der Waals surface area (Å²) < 4.78 is 12.6. The van der Waals surface area contributed by atoms with Crippen molar-refractivity contribution < 1.29 is 4.39 Å². The van der Waals surface area contributed by atoms with Crippen LogP contribution in [0.1, 0.15) is 27.2 Å². The Morgan fingerprint density at radius 1 is 1.56 bits per heavy atom. The molecule has 0 aliphatic heterocycles. The summed E-state index contributed by atoms with van der Waals surface area (Å²) in [7, 11) is 0. The van der Waals surface area contributed by atoms with Gasteiger partial charge in [-0.25, -0.2) is 4.39 Å². The Bertz CT molecular complexity index is 132. The van der Waals surface area contributed by atoms with Gasteiger partial charge in [0.1, 0.15) is 5.83 Å². The molecule has 0 amide bonds. The summed E-state index contributed by atoms with van der Waals surface area (Å²) >= 11 is 0. The van der Waals surface area contributed by atoms with Crippen molar-refractivity contribution in [3.63, 3.8) is 0 Å². The number of hydrogen-bond acceptors (Lipinski definition) is 0. The van der Waals surface area contributed by atoms with Crippen molar-refractivity contribution in [2.24, 2.45) is 0 Å². The Kier molecular flexibility index (Phi) is 4.02. The van der Waals surface area contributed by atoms with E-state index in [1.807, 2.05) is 13.8 Å². The van der Waals surface area contributed by atoms with Gasteiger partial charge in [-0.15, -0.1) is 0 Å². The zero-order valence-electron chi connectivity index (χ0n) is 6.24. The fraction of sp³-hybridized carbons (Fsp3) is 0.500. The lowest BCUT2D eigenvalue weighted by molar-refractivity contribution is 0.648. The maximum absolute atomic E-state index is 12.6. The summed E-state index contributed by atoms with van der Waals surface area (Å²) in [4.78, 5) is 0. The summed E-state index contributed by atoms with van der Waals surface area (Å²) in [5.41, 5.74) is 0.813. The van der Waals surface area contributed by atoms with Crippen LogP contribution in [0.2, 0.25) is 0 Å². The van der Waals surface area contributed by atoms with Crippen LogP contribution in [0, 0.1) is 0 Å². The average Bonchev–Trinajstić information content (AvgIpc) is 1.87. The fourth-order valence-corrected chi connectivity index (χ4v) is 0.457. The first-order chi connectivity index (χ1) is 4.22. The van der Waals surface area contributed by atoms with Gasteiger partial charge in [0.05, 0.1) is 0 Å². The van der Waals surface area contributed by atoms with Crippen LogP contribution >= 0.6 is 0 Å². The van der Waals surface area contributed by atoms with E-state index in [-0.39, 0.29) is 5.83 Å². The van der Waals surface area contributed by atoms with Crippen molar-refractivity contribution in [1.29, 1.82) is 0 Å². The molecule has 0 atom stereocenters. The molecule has 0 saturated heterocycles. The molecule has 0 bridgehead atoms. The Morgan fingerprint density at radius 3 is 2.44 bits per heavy atom. The number of allylic oxidation sites excluding steroid dienone is 4. The molecule has 0 aliphatic rings. The standard InChI is InChI=1S/C8H13F/c1-4-6-8(9)7(3)5-2/h4,6H,5H2,1-3H3/b6-4-,8-7+. The average molecular weight is 128 g/mol. The van der Waals surface area contributed by atoms with Crippen LogP contribution in [-0.4, -0.2) is 0 Å². The van der Waals surface area contributed by atoms with E-state index in [0.717, 1.165) is 12.0 Å². The van der Waals surface area contributed by atoms with E-state index in [9.17, 15) is 4.39 Å². The van der Waals surface area contributed by atoms with Crippen LogP contribution in [0.25, 0.3) is 0 Å². The third kappa shape index (κ3) is 3.07. The maximum atomic E-state index is 12.6. The van der Waals surface area contributed by atoms with Crippen molar-refractivity contribution in [2.75, 3.05) is 0 Å². The molecule has 0 N–H and O–H groups in total. The molecule has 0 saturated carbocycles. The van der Waals surface area contributed by atoms with E-state index in [2.05, 4.69) is 0 Å². The van der Waals surface area contributed by atoms with Crippen molar-refractivity contribution >= 4 is 0 Å². The molecule has 52 valence electrons. The van der Waals surface area contributed by atoms with Gasteiger partial charge < -0.3 is 0 Å². The lowest BCUT2D eigenvalue weighted by Gasteiger charge is -1.92.